The number of aromatic amines is 1. The number of aromatic nitrogens is 2. The fraction of sp³-hybridized carbons (Fsp3) is 0. The number of nitrogens with zero attached hydrogens (tertiary/aromatic N) is 1. The monoisotopic (exact) mass is 277 g/mol. The van der Waals surface area contributed by atoms with E-state index in [1.807, 2.05) is 24.3 Å². The van der Waals surface area contributed by atoms with E-state index in [-0.39, 0.29) is 0 Å². The number of H-pyrrole nitrogens is 1. The van der Waals surface area contributed by atoms with Crippen molar-refractivity contribution in [2.75, 3.05) is 5.73 Å². The zero-order valence-electron chi connectivity index (χ0n) is 9.24. The smallest absolute Gasteiger partial charge is 0.138 e. The number of imidazole rings is 1. The average molecular weight is 278 g/mol. The van der Waals surface area contributed by atoms with Crippen LogP contribution in [-0.4, -0.2) is 9.97 Å². The zero-order chi connectivity index (χ0) is 12.7. The summed E-state index contributed by atoms with van der Waals surface area (Å²) in [6, 6.07) is 11.0. The van der Waals surface area contributed by atoms with E-state index in [2.05, 4.69) is 9.97 Å². The molecule has 0 atom stereocenters. The van der Waals surface area contributed by atoms with Crippen molar-refractivity contribution < 1.29 is 0 Å². The molecule has 3 nitrogen and oxygen atoms in total. The summed E-state index contributed by atoms with van der Waals surface area (Å²) in [5.41, 5.74) is 8.75. The minimum Gasteiger partial charge on any atom is -0.399 e. The molecule has 1 aromatic heterocycles. The quantitative estimate of drug-likeness (QED) is 0.658. The van der Waals surface area contributed by atoms with Crippen molar-refractivity contribution in [3.63, 3.8) is 0 Å². The van der Waals surface area contributed by atoms with E-state index in [0.29, 0.717) is 27.1 Å². The third kappa shape index (κ3) is 1.82. The Hall–Kier alpha value is -1.71. The van der Waals surface area contributed by atoms with Gasteiger partial charge in [-0.2, -0.15) is 0 Å². The summed E-state index contributed by atoms with van der Waals surface area (Å²) < 4.78 is 0. The molecule has 0 aliphatic rings. The number of fused-ring (bicyclic) bond motifs is 1. The molecule has 0 unspecified atom stereocenters. The maximum atomic E-state index is 6.11. The van der Waals surface area contributed by atoms with Crippen LogP contribution in [-0.2, 0) is 0 Å². The lowest BCUT2D eigenvalue weighted by atomic mass is 10.2. The van der Waals surface area contributed by atoms with Gasteiger partial charge in [-0.25, -0.2) is 4.98 Å². The first kappa shape index (κ1) is 11.4. The molecule has 0 spiro atoms. The number of hydrogen-bond donors (Lipinski definition) is 2. The second-order valence-corrected chi connectivity index (χ2v) is 4.78. The number of anilines is 1. The normalized spacial score (nSPS) is 11.0. The molecule has 2 aromatic carbocycles. The first-order valence-corrected chi connectivity index (χ1v) is 6.10. The fourth-order valence-electron chi connectivity index (χ4n) is 1.85. The molecule has 5 heteroatoms. The van der Waals surface area contributed by atoms with Crippen molar-refractivity contribution in [2.24, 2.45) is 0 Å². The third-order valence-corrected chi connectivity index (χ3v) is 3.32. The van der Waals surface area contributed by atoms with Gasteiger partial charge in [0.2, 0.25) is 0 Å². The fourth-order valence-corrected chi connectivity index (χ4v) is 2.25. The Morgan fingerprint density at radius 2 is 1.83 bits per heavy atom. The van der Waals surface area contributed by atoms with Crippen LogP contribution in [0, 0.1) is 0 Å². The summed E-state index contributed by atoms with van der Waals surface area (Å²) in [6.45, 7) is 0. The summed E-state index contributed by atoms with van der Waals surface area (Å²) in [7, 11) is 0. The summed E-state index contributed by atoms with van der Waals surface area (Å²) in [4.78, 5) is 7.62. The highest BCUT2D eigenvalue weighted by atomic mass is 35.5. The predicted molar refractivity (Wildman–Crippen MR) is 76.0 cm³/mol. The van der Waals surface area contributed by atoms with Gasteiger partial charge in [-0.05, 0) is 24.3 Å². The maximum Gasteiger partial charge on any atom is 0.138 e. The molecule has 0 fully saturated rings. The number of hydrogen-bond acceptors (Lipinski definition) is 2. The van der Waals surface area contributed by atoms with Crippen molar-refractivity contribution >= 4 is 39.9 Å². The van der Waals surface area contributed by atoms with Gasteiger partial charge in [0.25, 0.3) is 0 Å². The van der Waals surface area contributed by atoms with Gasteiger partial charge in [0.1, 0.15) is 11.3 Å². The van der Waals surface area contributed by atoms with Gasteiger partial charge in [0, 0.05) is 11.3 Å². The van der Waals surface area contributed by atoms with Crippen LogP contribution in [0.4, 0.5) is 5.69 Å². The number of nitrogen functional groups attached to an aromatic ring is 1. The Morgan fingerprint density at radius 3 is 2.56 bits per heavy atom. The van der Waals surface area contributed by atoms with Crippen LogP contribution in [0.2, 0.25) is 10.0 Å². The Morgan fingerprint density at radius 1 is 1.06 bits per heavy atom. The van der Waals surface area contributed by atoms with Crippen molar-refractivity contribution in [2.45, 2.75) is 0 Å². The van der Waals surface area contributed by atoms with Crippen molar-refractivity contribution in [1.82, 2.24) is 9.97 Å². The van der Waals surface area contributed by atoms with Crippen molar-refractivity contribution in [3.8, 4) is 11.4 Å². The zero-order valence-corrected chi connectivity index (χ0v) is 10.8. The van der Waals surface area contributed by atoms with Crippen LogP contribution in [0.1, 0.15) is 0 Å². The minimum absolute atomic E-state index is 0.570. The second-order valence-electron chi connectivity index (χ2n) is 3.96. The topological polar surface area (TPSA) is 54.7 Å². The molecule has 0 aliphatic heterocycles. The molecular formula is C13H9Cl2N3. The van der Waals surface area contributed by atoms with E-state index in [0.717, 1.165) is 11.1 Å². The van der Waals surface area contributed by atoms with E-state index in [9.17, 15) is 0 Å². The summed E-state index contributed by atoms with van der Waals surface area (Å²) in [5.74, 6) is 0.701. The molecule has 3 rings (SSSR count). The Bertz CT molecular complexity index is 695. The molecule has 0 aliphatic carbocycles. The largest absolute Gasteiger partial charge is 0.399 e. The highest BCUT2D eigenvalue weighted by Gasteiger charge is 2.10. The highest BCUT2D eigenvalue weighted by molar-refractivity contribution is 6.39. The summed E-state index contributed by atoms with van der Waals surface area (Å²) in [6.07, 6.45) is 0. The molecule has 3 N–H and O–H groups in total. The standard InChI is InChI=1S/C13H9Cl2N3/c14-9-4-5-10(15)12-11(9)17-13(18-12)7-2-1-3-8(16)6-7/h1-6H,16H2,(H,17,18). The lowest BCUT2D eigenvalue weighted by Crippen LogP contribution is -1.86. The molecule has 90 valence electrons. The molecule has 18 heavy (non-hydrogen) atoms. The maximum absolute atomic E-state index is 6.11. The SMILES string of the molecule is Nc1cccc(-c2nc3c(Cl)ccc(Cl)c3[nH]2)c1. The molecule has 0 radical (unpaired) electrons. The van der Waals surface area contributed by atoms with Crippen LogP contribution in [0.15, 0.2) is 36.4 Å². The first-order chi connectivity index (χ1) is 8.65. The van der Waals surface area contributed by atoms with Gasteiger partial charge in [0.05, 0.1) is 15.6 Å². The molecule has 0 saturated carbocycles. The molecular weight excluding hydrogens is 269 g/mol. The van der Waals surface area contributed by atoms with Crippen LogP contribution < -0.4 is 5.73 Å². The van der Waals surface area contributed by atoms with Gasteiger partial charge in [-0.3, -0.25) is 0 Å². The highest BCUT2D eigenvalue weighted by Crippen LogP contribution is 2.30. The molecule has 0 amide bonds. The number of benzene rings is 2. The number of nitrogens with one attached hydrogen (secondary N) is 1. The minimum atomic E-state index is 0.570. The second kappa shape index (κ2) is 4.19. The Kier molecular flexibility index (Phi) is 2.65. The van der Waals surface area contributed by atoms with E-state index in [1.54, 1.807) is 12.1 Å². The Labute approximate surface area is 114 Å². The first-order valence-electron chi connectivity index (χ1n) is 5.35. The van der Waals surface area contributed by atoms with Gasteiger partial charge in [-0.15, -0.1) is 0 Å². The lowest BCUT2D eigenvalue weighted by molar-refractivity contribution is 1.34. The average Bonchev–Trinajstić information content (AvgIpc) is 2.80. The third-order valence-electron chi connectivity index (χ3n) is 2.70. The van der Waals surface area contributed by atoms with E-state index >= 15 is 0 Å². The molecule has 3 aromatic rings. The van der Waals surface area contributed by atoms with Gasteiger partial charge < -0.3 is 10.7 Å². The summed E-state index contributed by atoms with van der Waals surface area (Å²) >= 11 is 12.2. The summed E-state index contributed by atoms with van der Waals surface area (Å²) in [5, 5.41) is 1.16. The Balaban J connectivity index is 2.26. The van der Waals surface area contributed by atoms with Crippen molar-refractivity contribution in [3.05, 3.63) is 46.4 Å². The van der Waals surface area contributed by atoms with Gasteiger partial charge in [-0.1, -0.05) is 35.3 Å². The van der Waals surface area contributed by atoms with Crippen LogP contribution in [0.25, 0.3) is 22.4 Å². The van der Waals surface area contributed by atoms with E-state index < -0.39 is 0 Å². The van der Waals surface area contributed by atoms with Crippen LogP contribution in [0.5, 0.6) is 0 Å². The van der Waals surface area contributed by atoms with E-state index in [4.69, 9.17) is 28.9 Å². The molecule has 1 heterocycles. The number of nitrogens with two attached hydrogens (primary N) is 1. The van der Waals surface area contributed by atoms with Crippen LogP contribution >= 0.6 is 23.2 Å². The van der Waals surface area contributed by atoms with E-state index in [1.165, 1.54) is 0 Å². The predicted octanol–water partition coefficient (Wildman–Crippen LogP) is 4.12. The van der Waals surface area contributed by atoms with Gasteiger partial charge >= 0.3 is 0 Å². The van der Waals surface area contributed by atoms with Gasteiger partial charge in [0.15, 0.2) is 0 Å². The van der Waals surface area contributed by atoms with Crippen LogP contribution in [0.3, 0.4) is 0 Å². The molecule has 0 saturated heterocycles. The number of rotatable bonds is 1. The number of halogens is 2. The lowest BCUT2D eigenvalue weighted by Gasteiger charge is -1.97. The molecule has 0 bridgehead atoms. The van der Waals surface area contributed by atoms with Crippen molar-refractivity contribution in [1.29, 1.82) is 0 Å².